The molecule has 1 amide bonds. The molecule has 1 aliphatic rings. The molecule has 0 fully saturated rings. The molecule has 0 N–H and O–H groups in total. The summed E-state index contributed by atoms with van der Waals surface area (Å²) in [5, 5.41) is 4.81. The molecule has 3 rings (SSSR count). The van der Waals surface area contributed by atoms with Crippen LogP contribution in [0.4, 0.5) is 5.69 Å². The van der Waals surface area contributed by atoms with Gasteiger partial charge in [-0.2, -0.15) is 5.10 Å². The van der Waals surface area contributed by atoms with Gasteiger partial charge < -0.3 is 9.80 Å². The lowest BCUT2D eigenvalue weighted by Crippen LogP contribution is -2.45. The maximum absolute atomic E-state index is 12.6. The predicted octanol–water partition coefficient (Wildman–Crippen LogP) is 0.263. The first-order valence-corrected chi connectivity index (χ1v) is 8.10. The van der Waals surface area contributed by atoms with E-state index in [2.05, 4.69) is 5.10 Å². The summed E-state index contributed by atoms with van der Waals surface area (Å²) < 4.78 is 2.27. The van der Waals surface area contributed by atoms with Crippen LogP contribution in [0.3, 0.4) is 0 Å². The molecule has 1 aromatic heterocycles. The Kier molecular flexibility index (Phi) is 4.49. The number of rotatable bonds is 3. The number of likely N-dealkylation sites (N-methyl/N-ethyl adjacent to an activating group) is 2. The standard InChI is InChI=1S/C16H18ClN5O3/c1-19(2)6-7-22-16(25)15(24)21-9-13(23)20(3)12-5-4-10(17)8-11(12)14(21)18-22/h4-5,8H,6-7,9H2,1-3H3. The number of hydrogen-bond acceptors (Lipinski definition) is 5. The minimum absolute atomic E-state index is 0.242. The number of anilines is 1. The van der Waals surface area contributed by atoms with Gasteiger partial charge >= 0.3 is 11.1 Å². The second kappa shape index (κ2) is 6.45. The molecule has 0 spiro atoms. The van der Waals surface area contributed by atoms with E-state index in [0.29, 0.717) is 22.8 Å². The van der Waals surface area contributed by atoms with E-state index in [1.165, 1.54) is 4.90 Å². The molecule has 0 radical (unpaired) electrons. The van der Waals surface area contributed by atoms with Crippen LogP contribution in [0.5, 0.6) is 0 Å². The highest BCUT2D eigenvalue weighted by Crippen LogP contribution is 2.33. The fraction of sp³-hybridized carbons (Fsp3) is 0.375. The Bertz CT molecular complexity index is 963. The number of carbonyl (C=O) groups is 1. The number of amides is 1. The lowest BCUT2D eigenvalue weighted by atomic mass is 10.1. The molecule has 1 aromatic carbocycles. The molecule has 1 aliphatic heterocycles. The highest BCUT2D eigenvalue weighted by atomic mass is 35.5. The van der Waals surface area contributed by atoms with Crippen LogP contribution >= 0.6 is 11.6 Å². The quantitative estimate of drug-likeness (QED) is 0.731. The van der Waals surface area contributed by atoms with Crippen LogP contribution in [0.1, 0.15) is 0 Å². The Hall–Kier alpha value is -2.45. The third kappa shape index (κ3) is 3.10. The van der Waals surface area contributed by atoms with Crippen LogP contribution < -0.4 is 16.0 Å². The van der Waals surface area contributed by atoms with Crippen LogP contribution in [0.2, 0.25) is 5.02 Å². The number of nitrogens with zero attached hydrogens (tertiary/aromatic N) is 5. The van der Waals surface area contributed by atoms with Gasteiger partial charge in [0.25, 0.3) is 0 Å². The van der Waals surface area contributed by atoms with Crippen LogP contribution in [0.15, 0.2) is 27.8 Å². The summed E-state index contributed by atoms with van der Waals surface area (Å²) in [6.45, 7) is 0.583. The van der Waals surface area contributed by atoms with Crippen molar-refractivity contribution in [3.05, 3.63) is 43.9 Å². The Morgan fingerprint density at radius 3 is 2.60 bits per heavy atom. The van der Waals surface area contributed by atoms with Crippen LogP contribution in [-0.4, -0.2) is 52.8 Å². The molecular formula is C16H18ClN5O3. The van der Waals surface area contributed by atoms with Crippen LogP contribution in [0, 0.1) is 0 Å². The summed E-state index contributed by atoms with van der Waals surface area (Å²) in [4.78, 5) is 40.6. The maximum atomic E-state index is 12.6. The topological polar surface area (TPSA) is 80.4 Å². The maximum Gasteiger partial charge on any atom is 0.332 e. The summed E-state index contributed by atoms with van der Waals surface area (Å²) in [5.74, 6) is -0.0461. The molecule has 0 saturated carbocycles. The van der Waals surface area contributed by atoms with E-state index in [1.807, 2.05) is 19.0 Å². The number of aromatic nitrogens is 3. The smallest absolute Gasteiger partial charge is 0.313 e. The van der Waals surface area contributed by atoms with E-state index in [0.717, 1.165) is 9.25 Å². The SMILES string of the molecule is CN(C)CCn1nc2n(c(=O)c1=O)CC(=O)N(C)c1ccc(Cl)cc1-2. The lowest BCUT2D eigenvalue weighted by molar-refractivity contribution is -0.118. The fourth-order valence-electron chi connectivity index (χ4n) is 2.68. The Labute approximate surface area is 148 Å². The zero-order valence-electron chi connectivity index (χ0n) is 14.2. The molecule has 2 aromatic rings. The number of benzene rings is 1. The van der Waals surface area contributed by atoms with Gasteiger partial charge in [0.2, 0.25) is 5.91 Å². The summed E-state index contributed by atoms with van der Waals surface area (Å²) in [6, 6.07) is 5.01. The summed E-state index contributed by atoms with van der Waals surface area (Å²) in [7, 11) is 5.35. The summed E-state index contributed by atoms with van der Waals surface area (Å²) in [5.41, 5.74) is -0.383. The molecule has 25 heavy (non-hydrogen) atoms. The Balaban J connectivity index is 2.29. The van der Waals surface area contributed by atoms with E-state index in [9.17, 15) is 14.4 Å². The first-order valence-electron chi connectivity index (χ1n) is 7.72. The van der Waals surface area contributed by atoms with Crippen molar-refractivity contribution < 1.29 is 4.79 Å². The van der Waals surface area contributed by atoms with Crippen molar-refractivity contribution in [2.75, 3.05) is 32.6 Å². The molecule has 0 saturated heterocycles. The van der Waals surface area contributed by atoms with E-state index in [-0.39, 0.29) is 24.8 Å². The average Bonchev–Trinajstić information content (AvgIpc) is 2.66. The normalized spacial score (nSPS) is 13.6. The summed E-state index contributed by atoms with van der Waals surface area (Å²) in [6.07, 6.45) is 0. The molecule has 0 bridgehead atoms. The van der Waals surface area contributed by atoms with Gasteiger partial charge in [-0.1, -0.05) is 11.6 Å². The molecule has 0 aliphatic carbocycles. The first kappa shape index (κ1) is 17.4. The zero-order chi connectivity index (χ0) is 18.3. The monoisotopic (exact) mass is 363 g/mol. The van der Waals surface area contributed by atoms with Gasteiger partial charge in [-0.3, -0.25) is 19.0 Å². The van der Waals surface area contributed by atoms with Gasteiger partial charge in [0.05, 0.1) is 12.2 Å². The van der Waals surface area contributed by atoms with Crippen molar-refractivity contribution in [3.8, 4) is 11.4 Å². The molecule has 0 unspecified atom stereocenters. The van der Waals surface area contributed by atoms with Crippen LogP contribution in [0.25, 0.3) is 11.4 Å². The molecule has 9 heteroatoms. The Morgan fingerprint density at radius 2 is 1.92 bits per heavy atom. The second-order valence-corrected chi connectivity index (χ2v) is 6.60. The number of halogens is 1. The van der Waals surface area contributed by atoms with Crippen molar-refractivity contribution in [1.29, 1.82) is 0 Å². The largest absolute Gasteiger partial charge is 0.332 e. The van der Waals surface area contributed by atoms with Crippen molar-refractivity contribution in [2.45, 2.75) is 13.1 Å². The fourth-order valence-corrected chi connectivity index (χ4v) is 2.86. The second-order valence-electron chi connectivity index (χ2n) is 6.16. The van der Waals surface area contributed by atoms with Gasteiger partial charge in [0.1, 0.15) is 6.54 Å². The minimum Gasteiger partial charge on any atom is -0.313 e. The van der Waals surface area contributed by atoms with Gasteiger partial charge in [-0.15, -0.1) is 0 Å². The summed E-state index contributed by atoms with van der Waals surface area (Å²) >= 11 is 6.10. The molecule has 132 valence electrons. The predicted molar refractivity (Wildman–Crippen MR) is 95.2 cm³/mol. The van der Waals surface area contributed by atoms with Crippen molar-refractivity contribution in [3.63, 3.8) is 0 Å². The Morgan fingerprint density at radius 1 is 1.20 bits per heavy atom. The first-order chi connectivity index (χ1) is 11.8. The molecule has 8 nitrogen and oxygen atoms in total. The third-order valence-electron chi connectivity index (χ3n) is 4.12. The van der Waals surface area contributed by atoms with Gasteiger partial charge in [-0.05, 0) is 32.3 Å². The van der Waals surface area contributed by atoms with E-state index < -0.39 is 11.1 Å². The third-order valence-corrected chi connectivity index (χ3v) is 4.36. The molecule has 0 atom stereocenters. The van der Waals surface area contributed by atoms with Gasteiger partial charge in [-0.25, -0.2) is 4.68 Å². The number of carbonyl (C=O) groups excluding carboxylic acids is 1. The zero-order valence-corrected chi connectivity index (χ0v) is 14.9. The van der Waals surface area contributed by atoms with E-state index in [4.69, 9.17) is 11.6 Å². The van der Waals surface area contributed by atoms with Crippen LogP contribution in [-0.2, 0) is 17.9 Å². The van der Waals surface area contributed by atoms with Crippen molar-refractivity contribution in [2.24, 2.45) is 0 Å². The number of fused-ring (bicyclic) bond motifs is 3. The number of hydrogen-bond donors (Lipinski definition) is 0. The van der Waals surface area contributed by atoms with Gasteiger partial charge in [0, 0.05) is 24.2 Å². The molecular weight excluding hydrogens is 346 g/mol. The van der Waals surface area contributed by atoms with Crippen molar-refractivity contribution in [1.82, 2.24) is 19.2 Å². The van der Waals surface area contributed by atoms with E-state index >= 15 is 0 Å². The minimum atomic E-state index is -0.765. The highest BCUT2D eigenvalue weighted by molar-refractivity contribution is 6.31. The molecule has 2 heterocycles. The van der Waals surface area contributed by atoms with Gasteiger partial charge in [0.15, 0.2) is 5.82 Å². The van der Waals surface area contributed by atoms with Crippen molar-refractivity contribution >= 4 is 23.2 Å². The lowest BCUT2D eigenvalue weighted by Gasteiger charge is -2.16. The van der Waals surface area contributed by atoms with E-state index in [1.54, 1.807) is 25.2 Å². The highest BCUT2D eigenvalue weighted by Gasteiger charge is 2.27. The average molecular weight is 364 g/mol.